The van der Waals surface area contributed by atoms with E-state index in [0.717, 1.165) is 18.9 Å². The van der Waals surface area contributed by atoms with Crippen molar-refractivity contribution in [3.05, 3.63) is 35.4 Å². The number of likely N-dealkylation sites (tertiary alicyclic amines) is 1. The van der Waals surface area contributed by atoms with Gasteiger partial charge in [0.2, 0.25) is 11.8 Å². The fourth-order valence-corrected chi connectivity index (χ4v) is 4.89. The van der Waals surface area contributed by atoms with Gasteiger partial charge in [-0.15, -0.1) is 0 Å². The van der Waals surface area contributed by atoms with Crippen LogP contribution in [0.15, 0.2) is 18.2 Å². The Morgan fingerprint density at radius 2 is 1.86 bits per heavy atom. The Balaban J connectivity index is 1.64. The average molecular weight is 524 g/mol. The molecule has 2 amide bonds. The summed E-state index contributed by atoms with van der Waals surface area (Å²) in [5.74, 6) is -2.59. The molecule has 0 spiro atoms. The first-order chi connectivity index (χ1) is 17.1. The van der Waals surface area contributed by atoms with Crippen LogP contribution in [0.25, 0.3) is 0 Å². The topological polar surface area (TPSA) is 87.7 Å². The maximum absolute atomic E-state index is 14.2. The number of thiocarbonyl (C=S) groups is 1. The molecule has 0 bridgehead atoms. The van der Waals surface area contributed by atoms with Gasteiger partial charge in [-0.25, -0.2) is 13.6 Å². The van der Waals surface area contributed by atoms with Crippen molar-refractivity contribution >= 4 is 35.0 Å². The summed E-state index contributed by atoms with van der Waals surface area (Å²) >= 11 is 5.43. The molecule has 2 aliphatic rings. The highest BCUT2D eigenvalue weighted by atomic mass is 32.1. The Labute approximate surface area is 216 Å². The number of hydrogen-bond donors (Lipinski definition) is 2. The molecule has 3 rings (SSSR count). The maximum Gasteiger partial charge on any atom is 0.328 e. The summed E-state index contributed by atoms with van der Waals surface area (Å²) in [4.78, 5) is 40.6. The Morgan fingerprint density at radius 1 is 1.14 bits per heavy atom. The van der Waals surface area contributed by atoms with Gasteiger partial charge in [0.25, 0.3) is 0 Å². The molecule has 0 aromatic heterocycles. The Bertz CT molecular complexity index is 986. The van der Waals surface area contributed by atoms with Gasteiger partial charge in [0.1, 0.15) is 12.1 Å². The summed E-state index contributed by atoms with van der Waals surface area (Å²) < 4.78 is 32.7. The Hall–Kier alpha value is -2.62. The largest absolute Gasteiger partial charge is 0.467 e. The third-order valence-electron chi connectivity index (χ3n) is 6.67. The molecular weight excluding hydrogens is 488 g/mol. The summed E-state index contributed by atoms with van der Waals surface area (Å²) in [6, 6.07) is 2.16. The monoisotopic (exact) mass is 523 g/mol. The molecule has 1 aromatic rings. The third kappa shape index (κ3) is 7.69. The van der Waals surface area contributed by atoms with Crippen molar-refractivity contribution in [3.8, 4) is 0 Å². The highest BCUT2D eigenvalue weighted by Gasteiger charge is 2.35. The van der Waals surface area contributed by atoms with E-state index in [1.165, 1.54) is 19.2 Å². The van der Waals surface area contributed by atoms with Crippen molar-refractivity contribution in [1.82, 2.24) is 15.5 Å². The second kappa shape index (κ2) is 12.6. The summed E-state index contributed by atoms with van der Waals surface area (Å²) in [6.45, 7) is 3.96. The van der Waals surface area contributed by atoms with E-state index in [-0.39, 0.29) is 36.4 Å². The van der Waals surface area contributed by atoms with Crippen LogP contribution in [0.5, 0.6) is 0 Å². The molecule has 1 heterocycles. The first-order valence-electron chi connectivity index (χ1n) is 12.5. The molecule has 0 radical (unpaired) electrons. The zero-order chi connectivity index (χ0) is 26.4. The number of nitrogens with one attached hydrogen (secondary N) is 2. The minimum absolute atomic E-state index is 0.0674. The summed E-state index contributed by atoms with van der Waals surface area (Å²) in [7, 11) is 1.28. The van der Waals surface area contributed by atoms with Crippen molar-refractivity contribution in [2.45, 2.75) is 83.5 Å². The van der Waals surface area contributed by atoms with Gasteiger partial charge in [0.05, 0.1) is 12.1 Å². The van der Waals surface area contributed by atoms with Gasteiger partial charge >= 0.3 is 5.97 Å². The van der Waals surface area contributed by atoms with Crippen LogP contribution >= 0.6 is 12.2 Å². The number of ether oxygens (including phenoxy) is 1. The lowest BCUT2D eigenvalue weighted by Crippen LogP contribution is -2.52. The van der Waals surface area contributed by atoms with Gasteiger partial charge in [-0.2, -0.15) is 0 Å². The predicted molar refractivity (Wildman–Crippen MR) is 135 cm³/mol. The van der Waals surface area contributed by atoms with Crippen molar-refractivity contribution in [1.29, 1.82) is 0 Å². The molecule has 10 heteroatoms. The minimum Gasteiger partial charge on any atom is -0.467 e. The number of benzene rings is 1. The Kier molecular flexibility index (Phi) is 9.76. The summed E-state index contributed by atoms with van der Waals surface area (Å²) in [5, 5.41) is 5.60. The van der Waals surface area contributed by atoms with Crippen LogP contribution in [0.1, 0.15) is 64.4 Å². The SMILES string of the molecule is COC(=O)[C@H](CC(C)C)NC(=O)[C@H](CC1CC1)NC(=O)C[C@@H]1CCC(=S)N1Cc1cccc(F)c1F. The smallest absolute Gasteiger partial charge is 0.328 e. The number of halogens is 2. The number of esters is 1. The summed E-state index contributed by atoms with van der Waals surface area (Å²) in [5.41, 5.74) is 0.176. The molecule has 2 fully saturated rings. The van der Waals surface area contributed by atoms with Crippen molar-refractivity contribution < 1.29 is 27.9 Å². The number of nitrogens with zero attached hydrogens (tertiary/aromatic N) is 1. The van der Waals surface area contributed by atoms with Gasteiger partial charge in [0, 0.05) is 24.6 Å². The van der Waals surface area contributed by atoms with E-state index >= 15 is 0 Å². The molecule has 1 saturated heterocycles. The molecule has 198 valence electrons. The van der Waals surface area contributed by atoms with Gasteiger partial charge < -0.3 is 20.3 Å². The van der Waals surface area contributed by atoms with Crippen LogP contribution in [0, 0.1) is 23.5 Å². The molecule has 1 saturated carbocycles. The number of carbonyl (C=O) groups excluding carboxylic acids is 3. The molecule has 36 heavy (non-hydrogen) atoms. The second-order valence-corrected chi connectivity index (χ2v) is 10.6. The van der Waals surface area contributed by atoms with E-state index in [1.807, 2.05) is 13.8 Å². The minimum atomic E-state index is -0.927. The van der Waals surface area contributed by atoms with Crippen molar-refractivity contribution in [2.75, 3.05) is 7.11 Å². The van der Waals surface area contributed by atoms with Gasteiger partial charge in [-0.05, 0) is 43.6 Å². The second-order valence-electron chi connectivity index (χ2n) is 10.1. The predicted octanol–water partition coefficient (Wildman–Crippen LogP) is 3.64. The van der Waals surface area contributed by atoms with Gasteiger partial charge in [0.15, 0.2) is 11.6 Å². The number of hydrogen-bond acceptors (Lipinski definition) is 5. The average Bonchev–Trinajstić information content (AvgIpc) is 3.58. The summed E-state index contributed by atoms with van der Waals surface area (Å²) in [6.07, 6.45) is 4.17. The van der Waals surface area contributed by atoms with Crippen LogP contribution < -0.4 is 10.6 Å². The molecule has 0 unspecified atom stereocenters. The van der Waals surface area contributed by atoms with Crippen LogP contribution in [0.3, 0.4) is 0 Å². The van der Waals surface area contributed by atoms with E-state index in [9.17, 15) is 23.2 Å². The van der Waals surface area contributed by atoms with Crippen LogP contribution in [0.4, 0.5) is 8.78 Å². The maximum atomic E-state index is 14.2. The lowest BCUT2D eigenvalue weighted by atomic mass is 10.0. The highest BCUT2D eigenvalue weighted by Crippen LogP contribution is 2.34. The highest BCUT2D eigenvalue weighted by molar-refractivity contribution is 7.80. The van der Waals surface area contributed by atoms with E-state index in [2.05, 4.69) is 10.6 Å². The number of carbonyl (C=O) groups is 3. The molecule has 7 nitrogen and oxygen atoms in total. The van der Waals surface area contributed by atoms with Crippen molar-refractivity contribution in [2.24, 2.45) is 11.8 Å². The van der Waals surface area contributed by atoms with Crippen LogP contribution in [-0.4, -0.2) is 52.9 Å². The van der Waals surface area contributed by atoms with Crippen LogP contribution in [-0.2, 0) is 25.7 Å². The normalized spacial score (nSPS) is 19.2. The standard InChI is InChI=1S/C26H35F2N3O4S/c1-15(2)11-21(26(34)35-3)30-25(33)20(12-16-7-8-16)29-22(32)13-18-9-10-23(36)31(18)14-17-5-4-6-19(27)24(17)28/h4-6,15-16,18,20-21H,7-14H2,1-3H3,(H,29,32)(H,30,33)/t18-,20-,21-/m0/s1. The van der Waals surface area contributed by atoms with E-state index in [0.29, 0.717) is 36.6 Å². The Morgan fingerprint density at radius 3 is 2.50 bits per heavy atom. The molecule has 1 aliphatic heterocycles. The van der Waals surface area contributed by atoms with Gasteiger partial charge in [-0.1, -0.05) is 51.0 Å². The number of rotatable bonds is 12. The molecule has 3 atom stereocenters. The van der Waals surface area contributed by atoms with Crippen LogP contribution in [0.2, 0.25) is 0 Å². The van der Waals surface area contributed by atoms with Crippen molar-refractivity contribution in [3.63, 3.8) is 0 Å². The van der Waals surface area contributed by atoms with E-state index < -0.39 is 35.6 Å². The number of amides is 2. The first kappa shape index (κ1) is 28.0. The lowest BCUT2D eigenvalue weighted by Gasteiger charge is -2.28. The van der Waals surface area contributed by atoms with Gasteiger partial charge in [-0.3, -0.25) is 9.59 Å². The molecular formula is C26H35F2N3O4S. The fraction of sp³-hybridized carbons (Fsp3) is 0.615. The first-order valence-corrected chi connectivity index (χ1v) is 12.9. The molecule has 1 aliphatic carbocycles. The molecule has 1 aromatic carbocycles. The fourth-order valence-electron chi connectivity index (χ4n) is 4.56. The zero-order valence-electron chi connectivity index (χ0n) is 21.0. The van der Waals surface area contributed by atoms with E-state index in [4.69, 9.17) is 17.0 Å². The quantitative estimate of drug-likeness (QED) is 0.321. The zero-order valence-corrected chi connectivity index (χ0v) is 21.8. The lowest BCUT2D eigenvalue weighted by molar-refractivity contribution is -0.145. The number of methoxy groups -OCH3 is 1. The third-order valence-corrected chi connectivity index (χ3v) is 7.11. The van der Waals surface area contributed by atoms with E-state index in [1.54, 1.807) is 4.90 Å². The molecule has 2 N–H and O–H groups in total.